The van der Waals surface area contributed by atoms with Crippen molar-refractivity contribution in [3.63, 3.8) is 0 Å². The molecule has 0 fully saturated rings. The fourth-order valence-electron chi connectivity index (χ4n) is 1.80. The largest absolute Gasteiger partial charge is 0.496 e. The topological polar surface area (TPSA) is 46.6 Å². The molecular formula is C13H17NO3. The van der Waals surface area contributed by atoms with Gasteiger partial charge in [0.2, 0.25) is 5.78 Å². The molecule has 1 amide bonds. The molecule has 4 heteroatoms. The van der Waals surface area contributed by atoms with Crippen molar-refractivity contribution in [3.05, 3.63) is 23.3 Å². The van der Waals surface area contributed by atoms with Crippen molar-refractivity contribution in [2.45, 2.75) is 20.8 Å². The Bertz CT molecular complexity index is 443. The number of ketones is 1. The molecule has 1 rings (SSSR count). The molecule has 0 aliphatic rings. The van der Waals surface area contributed by atoms with E-state index in [0.29, 0.717) is 5.69 Å². The molecule has 0 bridgehead atoms. The maximum Gasteiger partial charge on any atom is 0.293 e. The van der Waals surface area contributed by atoms with E-state index < -0.39 is 11.7 Å². The molecule has 0 saturated heterocycles. The third-order valence-corrected chi connectivity index (χ3v) is 2.64. The highest BCUT2D eigenvalue weighted by Crippen LogP contribution is 2.28. The van der Waals surface area contributed by atoms with E-state index in [1.165, 1.54) is 11.8 Å². The number of ether oxygens (including phenoxy) is 1. The quantitative estimate of drug-likeness (QED) is 0.751. The number of aryl methyl sites for hydroxylation is 2. The number of Topliss-reactive ketones (excluding diaryl/α,β-unsaturated/α-hetero) is 1. The van der Waals surface area contributed by atoms with Crippen molar-refractivity contribution in [2.75, 3.05) is 19.1 Å². The fourth-order valence-corrected chi connectivity index (χ4v) is 1.80. The van der Waals surface area contributed by atoms with Crippen LogP contribution in [0.4, 0.5) is 5.69 Å². The van der Waals surface area contributed by atoms with Gasteiger partial charge in [0.1, 0.15) is 5.75 Å². The molecule has 92 valence electrons. The molecule has 0 aliphatic carbocycles. The number of nitrogens with zero attached hydrogens (tertiary/aromatic N) is 1. The zero-order valence-corrected chi connectivity index (χ0v) is 10.8. The Labute approximate surface area is 101 Å². The van der Waals surface area contributed by atoms with Gasteiger partial charge in [-0.25, -0.2) is 0 Å². The van der Waals surface area contributed by atoms with Gasteiger partial charge in [-0.15, -0.1) is 0 Å². The van der Waals surface area contributed by atoms with Crippen LogP contribution in [0.3, 0.4) is 0 Å². The average Bonchev–Trinajstić information content (AvgIpc) is 2.26. The number of carbonyl (C=O) groups excluding carboxylic acids is 2. The summed E-state index contributed by atoms with van der Waals surface area (Å²) in [5, 5.41) is 0. The number of amides is 1. The first-order valence-electron chi connectivity index (χ1n) is 5.32. The lowest BCUT2D eigenvalue weighted by Gasteiger charge is -2.18. The average molecular weight is 235 g/mol. The third kappa shape index (κ3) is 2.64. The monoisotopic (exact) mass is 235 g/mol. The number of hydrogen-bond acceptors (Lipinski definition) is 3. The van der Waals surface area contributed by atoms with Crippen LogP contribution in [-0.2, 0) is 9.59 Å². The zero-order chi connectivity index (χ0) is 13.2. The van der Waals surface area contributed by atoms with E-state index in [4.69, 9.17) is 4.74 Å². The lowest BCUT2D eigenvalue weighted by molar-refractivity contribution is -0.134. The minimum absolute atomic E-state index is 0.473. The number of likely N-dealkylation sites (N-methyl/N-ethyl adjacent to an activating group) is 1. The molecular weight excluding hydrogens is 218 g/mol. The molecule has 0 unspecified atom stereocenters. The molecule has 4 nitrogen and oxygen atoms in total. The Hall–Kier alpha value is -1.84. The van der Waals surface area contributed by atoms with Crippen LogP contribution in [0.25, 0.3) is 0 Å². The van der Waals surface area contributed by atoms with Crippen molar-refractivity contribution < 1.29 is 14.3 Å². The number of methoxy groups -OCH3 is 1. The van der Waals surface area contributed by atoms with Crippen LogP contribution >= 0.6 is 0 Å². The van der Waals surface area contributed by atoms with E-state index in [-0.39, 0.29) is 0 Å². The van der Waals surface area contributed by atoms with Crippen LogP contribution in [0.15, 0.2) is 12.1 Å². The van der Waals surface area contributed by atoms with Crippen molar-refractivity contribution in [1.82, 2.24) is 0 Å². The maximum absolute atomic E-state index is 11.6. The van der Waals surface area contributed by atoms with E-state index in [1.807, 2.05) is 26.0 Å². The van der Waals surface area contributed by atoms with Crippen LogP contribution in [0.1, 0.15) is 18.1 Å². The van der Waals surface area contributed by atoms with Crippen molar-refractivity contribution in [1.29, 1.82) is 0 Å². The first-order chi connectivity index (χ1) is 7.88. The Morgan fingerprint density at radius 3 is 2.00 bits per heavy atom. The van der Waals surface area contributed by atoms with Gasteiger partial charge in [-0.1, -0.05) is 0 Å². The number of carbonyl (C=O) groups is 2. The summed E-state index contributed by atoms with van der Waals surface area (Å²) in [4.78, 5) is 24.0. The van der Waals surface area contributed by atoms with Crippen molar-refractivity contribution in [2.24, 2.45) is 0 Å². The summed E-state index contributed by atoms with van der Waals surface area (Å²) in [6.45, 7) is 5.07. The van der Waals surface area contributed by atoms with Crippen molar-refractivity contribution in [3.8, 4) is 5.75 Å². The Morgan fingerprint density at radius 1 is 1.18 bits per heavy atom. The molecule has 17 heavy (non-hydrogen) atoms. The molecule has 1 aromatic carbocycles. The lowest BCUT2D eigenvalue weighted by atomic mass is 10.1. The Morgan fingerprint density at radius 2 is 1.65 bits per heavy atom. The van der Waals surface area contributed by atoms with Gasteiger partial charge < -0.3 is 9.64 Å². The van der Waals surface area contributed by atoms with Gasteiger partial charge in [0, 0.05) is 19.7 Å². The summed E-state index contributed by atoms with van der Waals surface area (Å²) >= 11 is 0. The highest BCUT2D eigenvalue weighted by Gasteiger charge is 2.17. The van der Waals surface area contributed by atoms with Crippen LogP contribution in [-0.4, -0.2) is 25.8 Å². The molecule has 0 spiro atoms. The van der Waals surface area contributed by atoms with E-state index in [2.05, 4.69) is 0 Å². The summed E-state index contributed by atoms with van der Waals surface area (Å²) in [6, 6.07) is 3.65. The first kappa shape index (κ1) is 13.2. The second-order valence-electron chi connectivity index (χ2n) is 4.03. The summed E-state index contributed by atoms with van der Waals surface area (Å²) in [7, 11) is 3.20. The van der Waals surface area contributed by atoms with Gasteiger partial charge in [-0.3, -0.25) is 9.59 Å². The van der Waals surface area contributed by atoms with Gasteiger partial charge in [0.05, 0.1) is 7.11 Å². The second-order valence-corrected chi connectivity index (χ2v) is 4.03. The molecule has 0 N–H and O–H groups in total. The SMILES string of the molecule is COc1c(C)cc(N(C)C(=O)C(C)=O)cc1C. The molecule has 1 aromatic rings. The number of hydrogen-bond donors (Lipinski definition) is 0. The molecule has 0 aromatic heterocycles. The molecule has 0 atom stereocenters. The van der Waals surface area contributed by atoms with E-state index >= 15 is 0 Å². The van der Waals surface area contributed by atoms with Gasteiger partial charge in [-0.05, 0) is 37.1 Å². The Balaban J connectivity index is 3.17. The van der Waals surface area contributed by atoms with Crippen LogP contribution in [0.2, 0.25) is 0 Å². The highest BCUT2D eigenvalue weighted by atomic mass is 16.5. The van der Waals surface area contributed by atoms with Gasteiger partial charge in [0.25, 0.3) is 5.91 Å². The molecule has 0 saturated carbocycles. The van der Waals surface area contributed by atoms with Crippen molar-refractivity contribution >= 4 is 17.4 Å². The first-order valence-corrected chi connectivity index (χ1v) is 5.32. The normalized spacial score (nSPS) is 9.94. The molecule has 0 radical (unpaired) electrons. The third-order valence-electron chi connectivity index (χ3n) is 2.64. The maximum atomic E-state index is 11.6. The van der Waals surface area contributed by atoms with Crippen LogP contribution in [0, 0.1) is 13.8 Å². The Kier molecular flexibility index (Phi) is 3.89. The number of benzene rings is 1. The van der Waals surface area contributed by atoms with Gasteiger partial charge >= 0.3 is 0 Å². The molecule has 0 aliphatic heterocycles. The smallest absolute Gasteiger partial charge is 0.293 e. The summed E-state index contributed by atoms with van der Waals surface area (Å²) in [5.41, 5.74) is 2.57. The van der Waals surface area contributed by atoms with Crippen LogP contribution < -0.4 is 9.64 Å². The van der Waals surface area contributed by atoms with Gasteiger partial charge in [0.15, 0.2) is 0 Å². The fraction of sp³-hybridized carbons (Fsp3) is 0.385. The van der Waals surface area contributed by atoms with E-state index in [0.717, 1.165) is 16.9 Å². The summed E-state index contributed by atoms with van der Waals surface area (Å²) in [5.74, 6) is -0.190. The number of anilines is 1. The summed E-state index contributed by atoms with van der Waals surface area (Å²) < 4.78 is 5.25. The standard InChI is InChI=1S/C13H17NO3/c1-8-6-11(7-9(2)12(8)17-5)14(4)13(16)10(3)15/h6-7H,1-5H3. The number of rotatable bonds is 3. The highest BCUT2D eigenvalue weighted by molar-refractivity contribution is 6.40. The predicted molar refractivity (Wildman–Crippen MR) is 66.6 cm³/mol. The minimum Gasteiger partial charge on any atom is -0.496 e. The van der Waals surface area contributed by atoms with E-state index in [1.54, 1.807) is 14.2 Å². The lowest BCUT2D eigenvalue weighted by Crippen LogP contribution is -2.31. The molecule has 0 heterocycles. The van der Waals surface area contributed by atoms with Crippen LogP contribution in [0.5, 0.6) is 5.75 Å². The minimum atomic E-state index is -0.519. The predicted octanol–water partition coefficient (Wildman–Crippen LogP) is 1.86. The second kappa shape index (κ2) is 4.99. The van der Waals surface area contributed by atoms with Gasteiger partial charge in [-0.2, -0.15) is 0 Å². The van der Waals surface area contributed by atoms with E-state index in [9.17, 15) is 9.59 Å². The summed E-state index contributed by atoms with van der Waals surface area (Å²) in [6.07, 6.45) is 0. The zero-order valence-electron chi connectivity index (χ0n) is 10.8.